The summed E-state index contributed by atoms with van der Waals surface area (Å²) < 4.78 is 10.6. The summed E-state index contributed by atoms with van der Waals surface area (Å²) in [5, 5.41) is 2.68. The van der Waals surface area contributed by atoms with E-state index >= 15 is 0 Å². The predicted molar refractivity (Wildman–Crippen MR) is 80.4 cm³/mol. The molecule has 0 aromatic heterocycles. The van der Waals surface area contributed by atoms with Gasteiger partial charge >= 0.3 is 5.97 Å². The Bertz CT molecular complexity index is 468. The second-order valence-corrected chi connectivity index (χ2v) is 5.03. The van der Waals surface area contributed by atoms with Crippen LogP contribution in [0, 0.1) is 0 Å². The molecule has 1 N–H and O–H groups in total. The molecule has 1 aromatic carbocycles. The van der Waals surface area contributed by atoms with Crippen molar-refractivity contribution in [2.45, 2.75) is 46.3 Å². The summed E-state index contributed by atoms with van der Waals surface area (Å²) in [6.07, 6.45) is 0.102. The van der Waals surface area contributed by atoms with Gasteiger partial charge in [0.15, 0.2) is 6.10 Å². The summed E-state index contributed by atoms with van der Waals surface area (Å²) in [5.74, 6) is -0.120. The molecule has 1 aromatic rings. The van der Waals surface area contributed by atoms with E-state index in [1.165, 1.54) is 0 Å². The first-order valence-electron chi connectivity index (χ1n) is 7.19. The summed E-state index contributed by atoms with van der Waals surface area (Å²) in [4.78, 5) is 23.6. The highest BCUT2D eigenvalue weighted by molar-refractivity contribution is 5.92. The number of nitrogens with one attached hydrogen (secondary N) is 1. The van der Waals surface area contributed by atoms with Crippen LogP contribution in [-0.2, 0) is 9.53 Å². The number of hydrogen-bond acceptors (Lipinski definition) is 4. The molecule has 21 heavy (non-hydrogen) atoms. The van der Waals surface area contributed by atoms with Gasteiger partial charge in [-0.3, -0.25) is 4.79 Å². The van der Waals surface area contributed by atoms with Crippen molar-refractivity contribution < 1.29 is 19.1 Å². The number of esters is 1. The number of carbonyl (C=O) groups is 2. The van der Waals surface area contributed by atoms with Crippen molar-refractivity contribution in [3.05, 3.63) is 29.8 Å². The van der Waals surface area contributed by atoms with Gasteiger partial charge in [0.25, 0.3) is 5.91 Å². The molecule has 0 aliphatic rings. The fourth-order valence-corrected chi connectivity index (χ4v) is 1.62. The van der Waals surface area contributed by atoms with Gasteiger partial charge in [0.1, 0.15) is 5.75 Å². The first-order chi connectivity index (χ1) is 9.93. The van der Waals surface area contributed by atoms with E-state index in [9.17, 15) is 9.59 Å². The van der Waals surface area contributed by atoms with Crippen LogP contribution in [0.3, 0.4) is 0 Å². The second kappa shape index (κ2) is 8.29. The van der Waals surface area contributed by atoms with Crippen molar-refractivity contribution >= 4 is 11.9 Å². The highest BCUT2D eigenvalue weighted by Crippen LogP contribution is 2.15. The number of benzene rings is 1. The lowest BCUT2D eigenvalue weighted by Crippen LogP contribution is -2.36. The molecule has 0 bridgehead atoms. The van der Waals surface area contributed by atoms with Crippen LogP contribution in [0.15, 0.2) is 24.3 Å². The Hall–Kier alpha value is -2.04. The van der Waals surface area contributed by atoms with Gasteiger partial charge in [-0.15, -0.1) is 0 Å². The average molecular weight is 293 g/mol. The fraction of sp³-hybridized carbons (Fsp3) is 0.500. The van der Waals surface area contributed by atoms with Crippen molar-refractivity contribution in [1.82, 2.24) is 5.32 Å². The normalized spacial score (nSPS) is 11.9. The summed E-state index contributed by atoms with van der Waals surface area (Å²) in [6, 6.07) is 6.66. The lowest BCUT2D eigenvalue weighted by molar-refractivity contribution is -0.129. The van der Waals surface area contributed by atoms with E-state index in [4.69, 9.17) is 9.47 Å². The first kappa shape index (κ1) is 17.0. The average Bonchev–Trinajstić information content (AvgIpc) is 2.44. The van der Waals surface area contributed by atoms with Crippen LogP contribution in [0.2, 0.25) is 0 Å². The van der Waals surface area contributed by atoms with Crippen molar-refractivity contribution in [2.75, 3.05) is 6.54 Å². The summed E-state index contributed by atoms with van der Waals surface area (Å²) in [5.41, 5.74) is 0.390. The van der Waals surface area contributed by atoms with Gasteiger partial charge in [0.2, 0.25) is 0 Å². The summed E-state index contributed by atoms with van der Waals surface area (Å²) >= 11 is 0. The van der Waals surface area contributed by atoms with Crippen LogP contribution < -0.4 is 10.1 Å². The largest absolute Gasteiger partial charge is 0.491 e. The third-order valence-electron chi connectivity index (χ3n) is 2.66. The molecule has 116 valence electrons. The Morgan fingerprint density at radius 3 is 2.29 bits per heavy atom. The Kier molecular flexibility index (Phi) is 6.72. The number of amides is 1. The van der Waals surface area contributed by atoms with E-state index in [1.807, 2.05) is 20.8 Å². The number of ether oxygens (including phenoxy) is 2. The molecule has 5 heteroatoms. The third kappa shape index (κ3) is 5.85. The molecule has 1 amide bonds. The van der Waals surface area contributed by atoms with Gasteiger partial charge in [-0.25, -0.2) is 4.79 Å². The van der Waals surface area contributed by atoms with E-state index in [1.54, 1.807) is 31.2 Å². The molecule has 0 saturated carbocycles. The van der Waals surface area contributed by atoms with Crippen molar-refractivity contribution in [2.24, 2.45) is 0 Å². The lowest BCUT2D eigenvalue weighted by Gasteiger charge is -2.13. The van der Waals surface area contributed by atoms with Crippen molar-refractivity contribution in [1.29, 1.82) is 0 Å². The molecule has 0 radical (unpaired) electrons. The Labute approximate surface area is 125 Å². The molecule has 0 aliphatic carbocycles. The molecule has 1 unspecified atom stereocenters. The second-order valence-electron chi connectivity index (χ2n) is 5.03. The minimum absolute atomic E-state index is 0.0742. The minimum Gasteiger partial charge on any atom is -0.491 e. The smallest absolute Gasteiger partial charge is 0.338 e. The summed E-state index contributed by atoms with van der Waals surface area (Å²) in [7, 11) is 0. The van der Waals surface area contributed by atoms with Gasteiger partial charge < -0.3 is 14.8 Å². The predicted octanol–water partition coefficient (Wildman–Crippen LogP) is 2.55. The molecule has 0 fully saturated rings. The maximum atomic E-state index is 11.9. The molecule has 0 aliphatic heterocycles. The molecular weight excluding hydrogens is 270 g/mol. The Balaban J connectivity index is 2.57. The zero-order valence-corrected chi connectivity index (χ0v) is 13.0. The Morgan fingerprint density at radius 2 is 1.76 bits per heavy atom. The van der Waals surface area contributed by atoms with Gasteiger partial charge in [-0.05, 0) is 51.5 Å². The quantitative estimate of drug-likeness (QED) is 0.785. The first-order valence-corrected chi connectivity index (χ1v) is 7.19. The molecule has 1 rings (SSSR count). The van der Waals surface area contributed by atoms with E-state index in [2.05, 4.69) is 5.32 Å². The maximum Gasteiger partial charge on any atom is 0.338 e. The minimum atomic E-state index is -0.810. The van der Waals surface area contributed by atoms with Gasteiger partial charge in [0.05, 0.1) is 11.7 Å². The molecule has 0 saturated heterocycles. The third-order valence-corrected chi connectivity index (χ3v) is 2.66. The highest BCUT2D eigenvalue weighted by Gasteiger charge is 2.18. The van der Waals surface area contributed by atoms with Crippen LogP contribution >= 0.6 is 0 Å². The number of hydrogen-bond donors (Lipinski definition) is 1. The fourth-order valence-electron chi connectivity index (χ4n) is 1.62. The van der Waals surface area contributed by atoms with Crippen LogP contribution in [0.4, 0.5) is 0 Å². The molecule has 0 spiro atoms. The summed E-state index contributed by atoms with van der Waals surface area (Å²) in [6.45, 7) is 7.94. The number of carbonyl (C=O) groups excluding carboxylic acids is 2. The van der Waals surface area contributed by atoms with Gasteiger partial charge in [-0.1, -0.05) is 6.92 Å². The molecule has 0 heterocycles. The maximum absolute atomic E-state index is 11.9. The standard InChI is InChI=1S/C16H23NO4/c1-5-10-17-15(18)12(4)21-16(19)13-6-8-14(9-7-13)20-11(2)3/h6-9,11-12H,5,10H2,1-4H3,(H,17,18). The highest BCUT2D eigenvalue weighted by atomic mass is 16.5. The van der Waals surface area contributed by atoms with Gasteiger partial charge in [0, 0.05) is 6.54 Å². The monoisotopic (exact) mass is 293 g/mol. The van der Waals surface area contributed by atoms with E-state index in [0.29, 0.717) is 17.9 Å². The zero-order valence-electron chi connectivity index (χ0n) is 13.0. The lowest BCUT2D eigenvalue weighted by atomic mass is 10.2. The van der Waals surface area contributed by atoms with Crippen LogP contribution in [-0.4, -0.2) is 30.6 Å². The van der Waals surface area contributed by atoms with Crippen LogP contribution in [0.5, 0.6) is 5.75 Å². The topological polar surface area (TPSA) is 64.6 Å². The van der Waals surface area contributed by atoms with E-state index in [-0.39, 0.29) is 12.0 Å². The van der Waals surface area contributed by atoms with Crippen LogP contribution in [0.25, 0.3) is 0 Å². The molecule has 5 nitrogen and oxygen atoms in total. The van der Waals surface area contributed by atoms with E-state index < -0.39 is 12.1 Å². The molecule has 1 atom stereocenters. The van der Waals surface area contributed by atoms with E-state index in [0.717, 1.165) is 6.42 Å². The molecular formula is C16H23NO4. The van der Waals surface area contributed by atoms with Crippen LogP contribution in [0.1, 0.15) is 44.5 Å². The van der Waals surface area contributed by atoms with Crippen molar-refractivity contribution in [3.63, 3.8) is 0 Å². The Morgan fingerprint density at radius 1 is 1.14 bits per heavy atom. The number of rotatable bonds is 7. The zero-order chi connectivity index (χ0) is 15.8. The van der Waals surface area contributed by atoms with Crippen molar-refractivity contribution in [3.8, 4) is 5.75 Å². The SMILES string of the molecule is CCCNC(=O)C(C)OC(=O)c1ccc(OC(C)C)cc1. The van der Waals surface area contributed by atoms with Gasteiger partial charge in [-0.2, -0.15) is 0 Å².